The summed E-state index contributed by atoms with van der Waals surface area (Å²) in [5.41, 5.74) is 0.617. The summed E-state index contributed by atoms with van der Waals surface area (Å²) < 4.78 is 26.1. The Morgan fingerprint density at radius 2 is 1.67 bits per heavy atom. The normalized spacial score (nSPS) is 17.0. The molecule has 2 rings (SSSR count). The van der Waals surface area contributed by atoms with Gasteiger partial charge in [0.25, 0.3) is 0 Å². The molecular weight excluding hydrogens is 292 g/mol. The van der Waals surface area contributed by atoms with E-state index >= 15 is 0 Å². The molecule has 1 amide bonds. The molecule has 21 heavy (non-hydrogen) atoms. The number of carbonyl (C=O) groups is 1. The molecule has 1 aliphatic carbocycles. The van der Waals surface area contributed by atoms with Crippen molar-refractivity contribution in [3.63, 3.8) is 0 Å². The second-order valence-corrected chi connectivity index (χ2v) is 6.43. The summed E-state index contributed by atoms with van der Waals surface area (Å²) in [6.07, 6.45) is 6.45. The van der Waals surface area contributed by atoms with Crippen LogP contribution in [0.1, 0.15) is 38.5 Å². The summed E-state index contributed by atoms with van der Waals surface area (Å²) in [6, 6.07) is 6.09. The number of nitrogens with two attached hydrogens (primary N) is 1. The van der Waals surface area contributed by atoms with Crippen molar-refractivity contribution in [3.05, 3.63) is 24.3 Å². The number of rotatable bonds is 4. The number of benzene rings is 1. The molecule has 0 bridgehead atoms. The molecular formula is C14H20N2O4S. The van der Waals surface area contributed by atoms with Gasteiger partial charge >= 0.3 is 10.3 Å². The lowest BCUT2D eigenvalue weighted by Crippen LogP contribution is -2.22. The molecule has 3 N–H and O–H groups in total. The number of anilines is 1. The molecule has 0 atom stereocenters. The van der Waals surface area contributed by atoms with Crippen LogP contribution in [0.15, 0.2) is 24.3 Å². The molecule has 0 radical (unpaired) electrons. The van der Waals surface area contributed by atoms with E-state index in [1.54, 1.807) is 12.1 Å². The Morgan fingerprint density at radius 3 is 2.19 bits per heavy atom. The first-order chi connectivity index (χ1) is 9.94. The quantitative estimate of drug-likeness (QED) is 0.832. The van der Waals surface area contributed by atoms with E-state index in [-0.39, 0.29) is 17.6 Å². The summed E-state index contributed by atoms with van der Waals surface area (Å²) in [5, 5.41) is 7.63. The van der Waals surface area contributed by atoms with Crippen molar-refractivity contribution < 1.29 is 17.4 Å². The van der Waals surface area contributed by atoms with Gasteiger partial charge in [-0.3, -0.25) is 4.79 Å². The molecule has 1 fully saturated rings. The van der Waals surface area contributed by atoms with Gasteiger partial charge in [0.15, 0.2) is 0 Å². The van der Waals surface area contributed by atoms with Gasteiger partial charge in [0.2, 0.25) is 5.91 Å². The van der Waals surface area contributed by atoms with Crippen molar-refractivity contribution in [1.29, 1.82) is 0 Å². The van der Waals surface area contributed by atoms with Gasteiger partial charge < -0.3 is 9.50 Å². The highest BCUT2D eigenvalue weighted by Crippen LogP contribution is 2.24. The summed E-state index contributed by atoms with van der Waals surface area (Å²) in [5.74, 6) is 0.204. The maximum Gasteiger partial charge on any atom is 0.380 e. The van der Waals surface area contributed by atoms with Crippen molar-refractivity contribution in [1.82, 2.24) is 0 Å². The van der Waals surface area contributed by atoms with Crippen LogP contribution in [0.3, 0.4) is 0 Å². The molecule has 1 aromatic carbocycles. The Bertz CT molecular complexity index is 575. The van der Waals surface area contributed by atoms with Crippen LogP contribution in [0.2, 0.25) is 0 Å². The number of nitrogens with one attached hydrogen (secondary N) is 1. The molecule has 1 aromatic rings. The summed E-state index contributed by atoms with van der Waals surface area (Å²) in [6.45, 7) is 0. The number of hydrogen-bond acceptors (Lipinski definition) is 4. The second-order valence-electron chi connectivity index (χ2n) is 5.28. The molecule has 0 aromatic heterocycles. The van der Waals surface area contributed by atoms with E-state index in [2.05, 4.69) is 9.50 Å². The molecule has 1 saturated carbocycles. The smallest absolute Gasteiger partial charge is 0.371 e. The third-order valence-electron chi connectivity index (χ3n) is 3.56. The highest BCUT2D eigenvalue weighted by molar-refractivity contribution is 7.84. The van der Waals surface area contributed by atoms with Crippen LogP contribution in [-0.2, 0) is 15.1 Å². The lowest BCUT2D eigenvalue weighted by molar-refractivity contribution is -0.120. The molecule has 6 nitrogen and oxygen atoms in total. The summed E-state index contributed by atoms with van der Waals surface area (Å²) in [7, 11) is -4.02. The van der Waals surface area contributed by atoms with Crippen LogP contribution in [0, 0.1) is 5.92 Å². The van der Waals surface area contributed by atoms with E-state index in [0.29, 0.717) is 5.69 Å². The molecule has 0 saturated heterocycles. The number of amides is 1. The fraction of sp³-hybridized carbons (Fsp3) is 0.500. The second kappa shape index (κ2) is 6.91. The van der Waals surface area contributed by atoms with Crippen LogP contribution in [-0.4, -0.2) is 14.3 Å². The zero-order valence-corrected chi connectivity index (χ0v) is 12.6. The molecule has 116 valence electrons. The van der Waals surface area contributed by atoms with Gasteiger partial charge in [0.05, 0.1) is 0 Å². The molecule has 0 unspecified atom stereocenters. The Balaban J connectivity index is 1.94. The zero-order chi connectivity index (χ0) is 15.3. The van der Waals surface area contributed by atoms with Crippen molar-refractivity contribution >= 4 is 21.9 Å². The average Bonchev–Trinajstić information content (AvgIpc) is 2.68. The van der Waals surface area contributed by atoms with Crippen molar-refractivity contribution in [2.45, 2.75) is 38.5 Å². The van der Waals surface area contributed by atoms with E-state index in [4.69, 9.17) is 5.14 Å². The Kier molecular flexibility index (Phi) is 5.19. The minimum Gasteiger partial charge on any atom is -0.371 e. The minimum atomic E-state index is -4.02. The van der Waals surface area contributed by atoms with Crippen molar-refractivity contribution in [2.24, 2.45) is 11.1 Å². The fourth-order valence-electron chi connectivity index (χ4n) is 2.51. The van der Waals surface area contributed by atoms with Gasteiger partial charge in [-0.15, -0.1) is 0 Å². The minimum absolute atomic E-state index is 0.0250. The SMILES string of the molecule is NS(=O)(=O)Oc1ccc(NC(=O)C2CCCCCC2)cc1. The molecule has 7 heteroatoms. The van der Waals surface area contributed by atoms with E-state index in [9.17, 15) is 13.2 Å². The maximum atomic E-state index is 12.2. The molecule has 0 aliphatic heterocycles. The predicted octanol–water partition coefficient (Wildman–Crippen LogP) is 2.18. The van der Waals surface area contributed by atoms with Gasteiger partial charge in [-0.05, 0) is 37.1 Å². The lowest BCUT2D eigenvalue weighted by atomic mass is 9.99. The average molecular weight is 312 g/mol. The Morgan fingerprint density at radius 1 is 1.10 bits per heavy atom. The van der Waals surface area contributed by atoms with Gasteiger partial charge in [0, 0.05) is 11.6 Å². The molecule has 0 heterocycles. The Labute approximate surface area is 124 Å². The molecule has 0 spiro atoms. The van der Waals surface area contributed by atoms with Gasteiger partial charge in [-0.2, -0.15) is 13.6 Å². The fourth-order valence-corrected chi connectivity index (χ4v) is 2.89. The highest BCUT2D eigenvalue weighted by Gasteiger charge is 2.20. The summed E-state index contributed by atoms with van der Waals surface area (Å²) in [4.78, 5) is 12.2. The van der Waals surface area contributed by atoms with Crippen molar-refractivity contribution in [3.8, 4) is 5.75 Å². The first-order valence-electron chi connectivity index (χ1n) is 7.07. The maximum absolute atomic E-state index is 12.2. The van der Waals surface area contributed by atoms with Crippen LogP contribution >= 0.6 is 0 Å². The summed E-state index contributed by atoms with van der Waals surface area (Å²) >= 11 is 0. The van der Waals surface area contributed by atoms with E-state index in [0.717, 1.165) is 25.7 Å². The van der Waals surface area contributed by atoms with E-state index < -0.39 is 10.3 Å². The first-order valence-corrected chi connectivity index (χ1v) is 8.54. The lowest BCUT2D eigenvalue weighted by Gasteiger charge is -2.14. The largest absolute Gasteiger partial charge is 0.380 e. The van der Waals surface area contributed by atoms with Crippen molar-refractivity contribution in [2.75, 3.05) is 5.32 Å². The van der Waals surface area contributed by atoms with Crippen LogP contribution in [0.4, 0.5) is 5.69 Å². The van der Waals surface area contributed by atoms with Gasteiger partial charge in [-0.1, -0.05) is 25.7 Å². The highest BCUT2D eigenvalue weighted by atomic mass is 32.2. The monoisotopic (exact) mass is 312 g/mol. The predicted molar refractivity (Wildman–Crippen MR) is 80.0 cm³/mol. The standard InChI is InChI=1S/C14H20N2O4S/c15-21(18,19)20-13-9-7-12(8-10-13)16-14(17)11-5-3-1-2-4-6-11/h7-11H,1-6H2,(H,16,17)(H2,15,18,19). The van der Waals surface area contributed by atoms with Crippen LogP contribution in [0.25, 0.3) is 0 Å². The van der Waals surface area contributed by atoms with Gasteiger partial charge in [0.1, 0.15) is 5.75 Å². The zero-order valence-electron chi connectivity index (χ0n) is 11.7. The van der Waals surface area contributed by atoms with E-state index in [1.165, 1.54) is 25.0 Å². The Hall–Kier alpha value is -1.60. The topological polar surface area (TPSA) is 98.5 Å². The van der Waals surface area contributed by atoms with Crippen LogP contribution < -0.4 is 14.6 Å². The third kappa shape index (κ3) is 5.35. The number of carbonyl (C=O) groups excluding carboxylic acids is 1. The van der Waals surface area contributed by atoms with Crippen LogP contribution in [0.5, 0.6) is 5.75 Å². The molecule has 1 aliphatic rings. The number of hydrogen-bond donors (Lipinski definition) is 2. The third-order valence-corrected chi connectivity index (χ3v) is 3.98. The first kappa shape index (κ1) is 15.8. The van der Waals surface area contributed by atoms with E-state index in [1.807, 2.05) is 0 Å². The van der Waals surface area contributed by atoms with Gasteiger partial charge in [-0.25, -0.2) is 0 Å².